The Morgan fingerprint density at radius 3 is 2.48 bits per heavy atom. The first-order valence-corrected chi connectivity index (χ1v) is 9.70. The van der Waals surface area contributed by atoms with Crippen LogP contribution in [0.3, 0.4) is 0 Å². The topological polar surface area (TPSA) is 74.7 Å². The molecular formula is C16H17NO4S2. The maximum atomic E-state index is 13.0. The molecule has 1 fully saturated rings. The van der Waals surface area contributed by atoms with Crippen LogP contribution in [0.1, 0.15) is 29.6 Å². The van der Waals surface area contributed by atoms with Crippen LogP contribution in [-0.2, 0) is 10.0 Å². The van der Waals surface area contributed by atoms with E-state index in [1.54, 1.807) is 24.3 Å². The number of hydrogen-bond acceptors (Lipinski definition) is 4. The van der Waals surface area contributed by atoms with Gasteiger partial charge in [-0.2, -0.15) is 0 Å². The highest BCUT2D eigenvalue weighted by Crippen LogP contribution is 2.33. The Kier molecular flexibility index (Phi) is 4.41. The molecule has 1 aromatic carbocycles. The number of carbonyl (C=O) groups is 1. The van der Waals surface area contributed by atoms with E-state index < -0.39 is 16.0 Å². The first-order valence-electron chi connectivity index (χ1n) is 7.38. The number of anilines is 1. The Bertz CT molecular complexity index is 794. The molecule has 0 atom stereocenters. The molecule has 0 unspecified atom stereocenters. The van der Waals surface area contributed by atoms with Gasteiger partial charge in [-0.3, -0.25) is 4.31 Å². The molecule has 0 aliphatic heterocycles. The maximum Gasteiger partial charge on any atom is 0.336 e. The van der Waals surface area contributed by atoms with Crippen LogP contribution in [0.25, 0.3) is 0 Å². The lowest BCUT2D eigenvalue weighted by Gasteiger charge is -2.32. The lowest BCUT2D eigenvalue weighted by atomic mass is 9.85. The average molecular weight is 351 g/mol. The summed E-state index contributed by atoms with van der Waals surface area (Å²) in [6.07, 6.45) is 3.20. The van der Waals surface area contributed by atoms with Crippen molar-refractivity contribution in [3.8, 4) is 0 Å². The molecule has 1 heterocycles. The third-order valence-electron chi connectivity index (χ3n) is 4.06. The molecular weight excluding hydrogens is 334 g/mol. The van der Waals surface area contributed by atoms with Crippen molar-refractivity contribution in [3.05, 3.63) is 47.3 Å². The van der Waals surface area contributed by atoms with Gasteiger partial charge in [-0.15, -0.1) is 11.3 Å². The Morgan fingerprint density at radius 2 is 1.96 bits per heavy atom. The number of carboxylic acid groups (broad SMARTS) is 1. The van der Waals surface area contributed by atoms with Crippen molar-refractivity contribution in [3.63, 3.8) is 0 Å². The van der Waals surface area contributed by atoms with Crippen LogP contribution in [0.4, 0.5) is 5.69 Å². The number of thiophene rings is 1. The molecule has 1 aliphatic rings. The molecule has 3 rings (SSSR count). The SMILES string of the molecule is O=C(O)c1csc(S(=O)(=O)N(CC2CCC2)c2ccccc2)c1. The van der Waals surface area contributed by atoms with E-state index in [9.17, 15) is 13.2 Å². The van der Waals surface area contributed by atoms with Crippen molar-refractivity contribution in [1.82, 2.24) is 0 Å². The normalized spacial score (nSPS) is 15.1. The quantitative estimate of drug-likeness (QED) is 0.865. The lowest BCUT2D eigenvalue weighted by molar-refractivity contribution is 0.0697. The number of carboxylic acids is 1. The number of benzene rings is 1. The second-order valence-electron chi connectivity index (χ2n) is 5.63. The first kappa shape index (κ1) is 16.0. The summed E-state index contributed by atoms with van der Waals surface area (Å²) >= 11 is 0.950. The highest BCUT2D eigenvalue weighted by molar-refractivity contribution is 7.94. The lowest BCUT2D eigenvalue weighted by Crippen LogP contribution is -2.37. The Morgan fingerprint density at radius 1 is 1.26 bits per heavy atom. The van der Waals surface area contributed by atoms with Crippen molar-refractivity contribution in [2.45, 2.75) is 23.5 Å². The predicted molar refractivity (Wildman–Crippen MR) is 89.6 cm³/mol. The third-order valence-corrected chi connectivity index (χ3v) is 7.27. The summed E-state index contributed by atoms with van der Waals surface area (Å²) in [6.45, 7) is 0.437. The van der Waals surface area contributed by atoms with Gasteiger partial charge >= 0.3 is 5.97 Å². The third kappa shape index (κ3) is 3.25. The molecule has 0 spiro atoms. The Balaban J connectivity index is 1.97. The number of nitrogens with zero attached hydrogens (tertiary/aromatic N) is 1. The first-order chi connectivity index (χ1) is 11.0. The van der Waals surface area contributed by atoms with Crippen molar-refractivity contribution < 1.29 is 18.3 Å². The summed E-state index contributed by atoms with van der Waals surface area (Å²) in [5.74, 6) is -0.753. The monoisotopic (exact) mass is 351 g/mol. The van der Waals surface area contributed by atoms with Crippen molar-refractivity contribution in [2.75, 3.05) is 10.8 Å². The zero-order valence-corrected chi connectivity index (χ0v) is 14.0. The smallest absolute Gasteiger partial charge is 0.336 e. The zero-order valence-electron chi connectivity index (χ0n) is 12.4. The van der Waals surface area contributed by atoms with Gasteiger partial charge in [-0.05, 0) is 37.0 Å². The molecule has 1 N–H and O–H groups in total. The van der Waals surface area contributed by atoms with Crippen molar-refractivity contribution >= 4 is 33.0 Å². The number of rotatable bonds is 6. The number of hydrogen-bond donors (Lipinski definition) is 1. The van der Waals surface area contributed by atoms with Gasteiger partial charge in [0, 0.05) is 11.9 Å². The molecule has 0 saturated heterocycles. The summed E-state index contributed by atoms with van der Waals surface area (Å²) < 4.78 is 27.5. The molecule has 2 aromatic rings. The fourth-order valence-electron chi connectivity index (χ4n) is 2.52. The van der Waals surface area contributed by atoms with Gasteiger partial charge in [0.1, 0.15) is 4.21 Å². The van der Waals surface area contributed by atoms with E-state index in [0.717, 1.165) is 30.6 Å². The van der Waals surface area contributed by atoms with Gasteiger partial charge < -0.3 is 5.11 Å². The molecule has 1 aromatic heterocycles. The standard InChI is InChI=1S/C16H17NO4S2/c18-16(19)13-9-15(22-11-13)23(20,21)17(10-12-5-4-6-12)14-7-2-1-3-8-14/h1-3,7-9,11-12H,4-6,10H2,(H,18,19). The summed E-state index contributed by atoms with van der Waals surface area (Å²) in [7, 11) is -3.75. The van der Waals surface area contributed by atoms with Gasteiger partial charge in [0.15, 0.2) is 0 Å². The summed E-state index contributed by atoms with van der Waals surface area (Å²) in [4.78, 5) is 11.0. The summed E-state index contributed by atoms with van der Waals surface area (Å²) in [5, 5.41) is 10.4. The van der Waals surface area contributed by atoms with Gasteiger partial charge in [0.2, 0.25) is 0 Å². The predicted octanol–water partition coefficient (Wildman–Crippen LogP) is 3.44. The molecule has 1 saturated carbocycles. The minimum absolute atomic E-state index is 0.00484. The van der Waals surface area contributed by atoms with E-state index in [1.165, 1.54) is 15.8 Å². The second kappa shape index (κ2) is 6.33. The van der Waals surface area contributed by atoms with Crippen molar-refractivity contribution in [2.24, 2.45) is 5.92 Å². The molecule has 122 valence electrons. The number of aromatic carboxylic acids is 1. The fourth-order valence-corrected chi connectivity index (χ4v) is 5.33. The molecule has 7 heteroatoms. The summed E-state index contributed by atoms with van der Waals surface area (Å²) in [6, 6.07) is 10.2. The van der Waals surface area contributed by atoms with E-state index in [2.05, 4.69) is 0 Å². The van der Waals surface area contributed by atoms with Gasteiger partial charge in [-0.25, -0.2) is 13.2 Å². The van der Waals surface area contributed by atoms with E-state index in [1.807, 2.05) is 6.07 Å². The number of sulfonamides is 1. The van der Waals surface area contributed by atoms with Crippen LogP contribution in [0.5, 0.6) is 0 Å². The summed E-state index contributed by atoms with van der Waals surface area (Å²) in [5.41, 5.74) is 0.620. The molecule has 0 bridgehead atoms. The van der Waals surface area contributed by atoms with Crippen LogP contribution in [-0.4, -0.2) is 26.0 Å². The average Bonchev–Trinajstić information content (AvgIpc) is 2.97. The Labute approximate surface area is 139 Å². The van der Waals surface area contributed by atoms with Crippen LogP contribution >= 0.6 is 11.3 Å². The molecule has 1 aliphatic carbocycles. The molecule has 0 amide bonds. The van der Waals surface area contributed by atoms with Crippen LogP contribution in [0.2, 0.25) is 0 Å². The minimum Gasteiger partial charge on any atom is -0.478 e. The molecule has 5 nitrogen and oxygen atoms in total. The highest BCUT2D eigenvalue weighted by Gasteiger charge is 2.31. The largest absolute Gasteiger partial charge is 0.478 e. The zero-order chi connectivity index (χ0) is 16.4. The van der Waals surface area contributed by atoms with Gasteiger partial charge in [0.25, 0.3) is 10.0 Å². The van der Waals surface area contributed by atoms with Gasteiger partial charge in [-0.1, -0.05) is 24.6 Å². The molecule has 0 radical (unpaired) electrons. The van der Waals surface area contributed by atoms with Crippen molar-refractivity contribution in [1.29, 1.82) is 0 Å². The number of para-hydroxylation sites is 1. The van der Waals surface area contributed by atoms with Crippen LogP contribution in [0, 0.1) is 5.92 Å². The minimum atomic E-state index is -3.75. The van der Waals surface area contributed by atoms with E-state index in [0.29, 0.717) is 18.2 Å². The van der Waals surface area contributed by atoms with Crippen LogP contribution in [0.15, 0.2) is 46.0 Å². The van der Waals surface area contributed by atoms with E-state index >= 15 is 0 Å². The molecule has 23 heavy (non-hydrogen) atoms. The second-order valence-corrected chi connectivity index (χ2v) is 8.63. The Hall–Kier alpha value is -1.86. The van der Waals surface area contributed by atoms with Crippen LogP contribution < -0.4 is 4.31 Å². The van der Waals surface area contributed by atoms with E-state index in [-0.39, 0.29) is 9.77 Å². The van der Waals surface area contributed by atoms with Gasteiger partial charge in [0.05, 0.1) is 11.3 Å². The van der Waals surface area contributed by atoms with E-state index in [4.69, 9.17) is 5.11 Å². The highest BCUT2D eigenvalue weighted by atomic mass is 32.2. The fraction of sp³-hybridized carbons (Fsp3) is 0.312. The maximum absolute atomic E-state index is 13.0.